The van der Waals surface area contributed by atoms with E-state index in [9.17, 15) is 27.6 Å². The van der Waals surface area contributed by atoms with E-state index in [0.717, 1.165) is 24.3 Å². The number of carbonyl (C=O) groups is 3. The van der Waals surface area contributed by atoms with E-state index in [1.54, 1.807) is 0 Å². The van der Waals surface area contributed by atoms with Crippen LogP contribution < -0.4 is 0 Å². The van der Waals surface area contributed by atoms with E-state index >= 15 is 0 Å². The van der Waals surface area contributed by atoms with Crippen molar-refractivity contribution < 1.29 is 36.9 Å². The molecule has 24 heavy (non-hydrogen) atoms. The van der Waals surface area contributed by atoms with Crippen molar-refractivity contribution in [1.82, 2.24) is 4.90 Å². The summed E-state index contributed by atoms with van der Waals surface area (Å²) in [5, 5.41) is 0. The lowest BCUT2D eigenvalue weighted by atomic mass is 9.68. The molecule has 2 rings (SSSR count). The smallest absolute Gasteiger partial charge is 0.498 e. The number of hydrogen-bond acceptors (Lipinski definition) is 6. The molecule has 1 heterocycles. The van der Waals surface area contributed by atoms with Crippen molar-refractivity contribution in [3.63, 3.8) is 0 Å². The Morgan fingerprint density at radius 2 is 1.62 bits per heavy atom. The van der Waals surface area contributed by atoms with Gasteiger partial charge in [0.05, 0.1) is 18.7 Å². The van der Waals surface area contributed by atoms with Gasteiger partial charge in [-0.25, -0.2) is 0 Å². The summed E-state index contributed by atoms with van der Waals surface area (Å²) in [5.41, 5.74) is -0.748. The van der Waals surface area contributed by atoms with Crippen molar-refractivity contribution >= 4 is 25.3 Å². The van der Waals surface area contributed by atoms with Crippen LogP contribution in [0.15, 0.2) is 24.3 Å². The first kappa shape index (κ1) is 18.0. The van der Waals surface area contributed by atoms with E-state index in [-0.39, 0.29) is 18.7 Å². The number of alkyl halides is 3. The number of halogens is 3. The van der Waals surface area contributed by atoms with Crippen molar-refractivity contribution in [3.05, 3.63) is 35.4 Å². The van der Waals surface area contributed by atoms with E-state index in [1.807, 2.05) is 0 Å². The summed E-state index contributed by atoms with van der Waals surface area (Å²) in [6.07, 6.45) is -4.15. The zero-order valence-electron chi connectivity index (χ0n) is 12.6. The zero-order chi connectivity index (χ0) is 17.9. The Morgan fingerprint density at radius 3 is 2.04 bits per heavy atom. The van der Waals surface area contributed by atoms with Gasteiger partial charge in [-0.3, -0.25) is 14.5 Å². The molecular formula is C14H13BF3NO5. The van der Waals surface area contributed by atoms with E-state index in [1.165, 1.54) is 11.9 Å². The summed E-state index contributed by atoms with van der Waals surface area (Å²) in [4.78, 5) is 36.1. The van der Waals surface area contributed by atoms with Gasteiger partial charge in [-0.2, -0.15) is 13.2 Å². The van der Waals surface area contributed by atoms with Gasteiger partial charge in [0.2, 0.25) is 0 Å². The maximum absolute atomic E-state index is 12.6. The molecule has 1 aromatic rings. The fraction of sp³-hybridized carbons (Fsp3) is 0.357. The third-order valence-electron chi connectivity index (χ3n) is 3.36. The van der Waals surface area contributed by atoms with Gasteiger partial charge in [0.15, 0.2) is 0 Å². The minimum atomic E-state index is -4.51. The van der Waals surface area contributed by atoms with Crippen LogP contribution in [-0.2, 0) is 29.9 Å². The molecule has 128 valence electrons. The van der Waals surface area contributed by atoms with Gasteiger partial charge in [0.1, 0.15) is 12.1 Å². The Bertz CT molecular complexity index is 614. The van der Waals surface area contributed by atoms with Crippen LogP contribution in [0.3, 0.4) is 0 Å². The number of likely N-dealkylation sites (N-methyl/N-ethyl adjacent to an activating group) is 1. The summed E-state index contributed by atoms with van der Waals surface area (Å²) in [6, 6.07) is 3.75. The molecule has 1 saturated heterocycles. The molecule has 0 N–H and O–H groups in total. The Morgan fingerprint density at radius 1 is 1.12 bits per heavy atom. The Hall–Kier alpha value is -2.36. The first-order valence-corrected chi connectivity index (χ1v) is 6.90. The van der Waals surface area contributed by atoms with Gasteiger partial charge in [-0.05, 0) is 24.7 Å². The summed E-state index contributed by atoms with van der Waals surface area (Å²) in [5.74, 6) is -2.65. The van der Waals surface area contributed by atoms with Crippen LogP contribution in [0.25, 0.3) is 0 Å². The van der Waals surface area contributed by atoms with Crippen molar-refractivity contribution in [2.45, 2.75) is 12.0 Å². The van der Waals surface area contributed by atoms with Crippen molar-refractivity contribution in [3.8, 4) is 0 Å². The molecule has 1 aliphatic heterocycles. The van der Waals surface area contributed by atoms with Gasteiger partial charge in [-0.1, -0.05) is 12.1 Å². The molecule has 1 atom stereocenters. The zero-order valence-corrected chi connectivity index (χ0v) is 12.6. The number of benzene rings is 1. The van der Waals surface area contributed by atoms with Gasteiger partial charge >= 0.3 is 25.2 Å². The monoisotopic (exact) mass is 343 g/mol. The molecule has 0 radical (unpaired) electrons. The molecule has 0 bridgehead atoms. The van der Waals surface area contributed by atoms with Crippen molar-refractivity contribution in [2.75, 3.05) is 20.1 Å². The van der Waals surface area contributed by atoms with Crippen LogP contribution in [-0.4, -0.2) is 50.4 Å². The molecule has 1 aliphatic rings. The number of nitrogens with zero attached hydrogens (tertiary/aromatic N) is 1. The summed E-state index contributed by atoms with van der Waals surface area (Å²) in [7, 11) is -0.0106. The topological polar surface area (TPSA) is 72.9 Å². The van der Waals surface area contributed by atoms with Crippen molar-refractivity contribution in [1.29, 1.82) is 0 Å². The second-order valence-electron chi connectivity index (χ2n) is 5.30. The largest absolute Gasteiger partial charge is 0.614 e. The molecule has 0 amide bonds. The highest BCUT2D eigenvalue weighted by Gasteiger charge is 2.41. The number of rotatable bonds is 3. The lowest BCUT2D eigenvalue weighted by Crippen LogP contribution is -2.45. The minimum absolute atomic E-state index is 0.137. The third kappa shape index (κ3) is 4.35. The average Bonchev–Trinajstić information content (AvgIpc) is 2.45. The second kappa shape index (κ2) is 7.04. The molecular weight excluding hydrogens is 330 g/mol. The standard InChI is InChI=1S/C14H13BF3NO5/c1-19-6-12(21)23-15(24-13(22)7-19)11(8-20)9-2-4-10(5-3-9)14(16,17)18/h2-5,8,11H,6-7H2,1H3. The molecule has 0 saturated carbocycles. The fourth-order valence-electron chi connectivity index (χ4n) is 2.20. The van der Waals surface area contributed by atoms with Crippen LogP contribution in [0.5, 0.6) is 0 Å². The summed E-state index contributed by atoms with van der Waals surface area (Å²) < 4.78 is 47.7. The van der Waals surface area contributed by atoms with E-state index < -0.39 is 36.6 Å². The number of carbonyl (C=O) groups excluding carboxylic acids is 3. The van der Waals surface area contributed by atoms with Crippen LogP contribution in [0.2, 0.25) is 0 Å². The van der Waals surface area contributed by atoms with Gasteiger partial charge < -0.3 is 14.1 Å². The maximum atomic E-state index is 12.6. The first-order chi connectivity index (χ1) is 11.2. The van der Waals surface area contributed by atoms with Crippen LogP contribution in [0.4, 0.5) is 13.2 Å². The SMILES string of the molecule is CN1CC(=O)OB(C(C=O)c2ccc(C(F)(F)F)cc2)OC(=O)C1. The summed E-state index contributed by atoms with van der Waals surface area (Å²) in [6.45, 7) is -0.353. The van der Waals surface area contributed by atoms with E-state index in [4.69, 9.17) is 9.31 Å². The predicted octanol–water partition coefficient (Wildman–Crippen LogP) is 1.05. The molecule has 0 spiro atoms. The normalized spacial score (nSPS) is 18.2. The lowest BCUT2D eigenvalue weighted by Gasteiger charge is -2.25. The highest BCUT2D eigenvalue weighted by Crippen LogP contribution is 2.30. The Labute approximate surface area is 135 Å². The van der Waals surface area contributed by atoms with Crippen LogP contribution in [0.1, 0.15) is 16.9 Å². The highest BCUT2D eigenvalue weighted by atomic mass is 19.4. The molecule has 0 aromatic heterocycles. The lowest BCUT2D eigenvalue weighted by molar-refractivity contribution is -0.146. The third-order valence-corrected chi connectivity index (χ3v) is 3.36. The predicted molar refractivity (Wildman–Crippen MR) is 75.7 cm³/mol. The molecule has 6 nitrogen and oxygen atoms in total. The molecule has 1 fully saturated rings. The van der Waals surface area contributed by atoms with Gasteiger partial charge in [0, 0.05) is 0 Å². The molecule has 1 unspecified atom stereocenters. The fourth-order valence-corrected chi connectivity index (χ4v) is 2.20. The highest BCUT2D eigenvalue weighted by molar-refractivity contribution is 6.54. The van der Waals surface area contributed by atoms with Crippen LogP contribution in [0, 0.1) is 0 Å². The average molecular weight is 343 g/mol. The van der Waals surface area contributed by atoms with Crippen molar-refractivity contribution in [2.24, 2.45) is 0 Å². The number of hydrogen-bond donors (Lipinski definition) is 0. The van der Waals surface area contributed by atoms with E-state index in [2.05, 4.69) is 0 Å². The van der Waals surface area contributed by atoms with Gasteiger partial charge in [0.25, 0.3) is 0 Å². The Kier molecular flexibility index (Phi) is 5.28. The quantitative estimate of drug-likeness (QED) is 0.603. The number of aldehydes is 1. The summed E-state index contributed by atoms with van der Waals surface area (Å²) >= 11 is 0. The molecule has 0 aliphatic carbocycles. The molecule has 1 aromatic carbocycles. The second-order valence-corrected chi connectivity index (χ2v) is 5.30. The van der Waals surface area contributed by atoms with Gasteiger partial charge in [-0.15, -0.1) is 0 Å². The molecule has 10 heteroatoms. The first-order valence-electron chi connectivity index (χ1n) is 6.90. The van der Waals surface area contributed by atoms with Crippen LogP contribution >= 0.6 is 0 Å². The maximum Gasteiger partial charge on any atom is 0.614 e. The Balaban J connectivity index is 2.24. The minimum Gasteiger partial charge on any atom is -0.498 e. The van der Waals surface area contributed by atoms with E-state index in [0.29, 0.717) is 6.29 Å².